The number of nitrogens with two attached hydrogens (primary N) is 1. The maximum Gasteiger partial charge on any atom is 0.326 e. The van der Waals surface area contributed by atoms with E-state index in [0.717, 1.165) is 0 Å². The van der Waals surface area contributed by atoms with E-state index in [0.29, 0.717) is 0 Å². The number of amides is 1. The summed E-state index contributed by atoms with van der Waals surface area (Å²) in [7, 11) is 1.21. The summed E-state index contributed by atoms with van der Waals surface area (Å²) in [6.45, 7) is 3.43. The third-order valence-corrected chi connectivity index (χ3v) is 2.24. The van der Waals surface area contributed by atoms with Crippen molar-refractivity contribution in [3.8, 4) is 0 Å². The third-order valence-electron chi connectivity index (χ3n) is 2.24. The van der Waals surface area contributed by atoms with Crippen molar-refractivity contribution in [2.75, 3.05) is 7.11 Å². The molecular weight excluding hydrogens is 240 g/mol. The van der Waals surface area contributed by atoms with E-state index in [1.165, 1.54) is 13.2 Å². The van der Waals surface area contributed by atoms with E-state index in [9.17, 15) is 14.4 Å². The monoisotopic (exact) mass is 258 g/mol. The maximum absolute atomic E-state index is 11.5. The first-order valence-corrected chi connectivity index (χ1v) is 5.38. The highest BCUT2D eigenvalue weighted by molar-refractivity contribution is 5.87. The molecule has 0 saturated heterocycles. The molecule has 2 unspecified atom stereocenters. The van der Waals surface area contributed by atoms with Gasteiger partial charge in [0.25, 0.3) is 0 Å². The van der Waals surface area contributed by atoms with Crippen LogP contribution in [0.5, 0.6) is 0 Å². The Morgan fingerprint density at radius 1 is 1.50 bits per heavy atom. The van der Waals surface area contributed by atoms with Crippen molar-refractivity contribution in [1.29, 1.82) is 0 Å². The van der Waals surface area contributed by atoms with Crippen molar-refractivity contribution in [2.45, 2.75) is 31.3 Å². The Labute approximate surface area is 105 Å². The van der Waals surface area contributed by atoms with Crippen LogP contribution in [0.2, 0.25) is 0 Å². The highest BCUT2D eigenvalue weighted by Crippen LogP contribution is 2.01. The molecule has 7 heteroatoms. The van der Waals surface area contributed by atoms with Crippen LogP contribution in [0.15, 0.2) is 12.7 Å². The van der Waals surface area contributed by atoms with Crippen LogP contribution in [-0.2, 0) is 19.1 Å². The molecule has 0 aromatic heterocycles. The molecule has 0 spiro atoms. The minimum absolute atomic E-state index is 0.0471. The fourth-order valence-corrected chi connectivity index (χ4v) is 1.19. The van der Waals surface area contributed by atoms with Crippen molar-refractivity contribution in [2.24, 2.45) is 5.73 Å². The number of esters is 1. The molecule has 0 aliphatic rings. The number of hydrogen-bond donors (Lipinski definition) is 3. The number of ether oxygens (including phenoxy) is 1. The van der Waals surface area contributed by atoms with E-state index in [1.807, 2.05) is 0 Å². The zero-order valence-corrected chi connectivity index (χ0v) is 10.2. The summed E-state index contributed by atoms with van der Waals surface area (Å²) < 4.78 is 4.39. The van der Waals surface area contributed by atoms with Crippen LogP contribution >= 0.6 is 0 Å². The normalized spacial score (nSPS) is 13.2. The number of aliphatic carboxylic acids is 1. The topological polar surface area (TPSA) is 119 Å². The molecule has 0 aliphatic heterocycles. The maximum atomic E-state index is 11.5. The van der Waals surface area contributed by atoms with Gasteiger partial charge < -0.3 is 20.9 Å². The molecule has 0 saturated carbocycles. The molecule has 0 fully saturated rings. The average Bonchev–Trinajstić information content (AvgIpc) is 2.33. The van der Waals surface area contributed by atoms with Gasteiger partial charge in [0.15, 0.2) is 0 Å². The van der Waals surface area contributed by atoms with Gasteiger partial charge in [-0.25, -0.2) is 4.79 Å². The van der Waals surface area contributed by atoms with Crippen LogP contribution in [0.25, 0.3) is 0 Å². The lowest BCUT2D eigenvalue weighted by molar-refractivity contribution is -0.144. The van der Waals surface area contributed by atoms with Gasteiger partial charge in [-0.3, -0.25) is 9.59 Å². The van der Waals surface area contributed by atoms with Gasteiger partial charge >= 0.3 is 11.9 Å². The van der Waals surface area contributed by atoms with Crippen molar-refractivity contribution >= 4 is 17.8 Å². The zero-order valence-electron chi connectivity index (χ0n) is 10.2. The lowest BCUT2D eigenvalue weighted by atomic mass is 10.1. The number of nitrogens with one attached hydrogen (secondary N) is 1. The Morgan fingerprint density at radius 3 is 2.56 bits per heavy atom. The molecular formula is C11H18N2O5. The van der Waals surface area contributed by atoms with Crippen LogP contribution in [0.3, 0.4) is 0 Å². The van der Waals surface area contributed by atoms with Crippen LogP contribution in [0.1, 0.15) is 19.3 Å². The SMILES string of the molecule is C=CCC(N)C(=O)NC(CCC(=O)OC)C(=O)O. The lowest BCUT2D eigenvalue weighted by Gasteiger charge is -2.16. The third kappa shape index (κ3) is 6.00. The molecule has 7 nitrogen and oxygen atoms in total. The first-order valence-electron chi connectivity index (χ1n) is 5.38. The number of carboxylic acid groups (broad SMARTS) is 1. The van der Waals surface area contributed by atoms with E-state index >= 15 is 0 Å². The molecule has 0 rings (SSSR count). The van der Waals surface area contributed by atoms with Gasteiger partial charge in [-0.1, -0.05) is 6.08 Å². The van der Waals surface area contributed by atoms with Crippen LogP contribution in [0, 0.1) is 0 Å². The fourth-order valence-electron chi connectivity index (χ4n) is 1.19. The smallest absolute Gasteiger partial charge is 0.326 e. The molecule has 0 radical (unpaired) electrons. The minimum Gasteiger partial charge on any atom is -0.480 e. The predicted molar refractivity (Wildman–Crippen MR) is 63.6 cm³/mol. The summed E-state index contributed by atoms with van der Waals surface area (Å²) in [5, 5.41) is 11.2. The fraction of sp³-hybridized carbons (Fsp3) is 0.545. The summed E-state index contributed by atoms with van der Waals surface area (Å²) in [5.74, 6) is -2.35. The van der Waals surface area contributed by atoms with Gasteiger partial charge in [0.05, 0.1) is 13.2 Å². The zero-order chi connectivity index (χ0) is 14.1. The Kier molecular flexibility index (Phi) is 7.37. The highest BCUT2D eigenvalue weighted by atomic mass is 16.5. The van der Waals surface area contributed by atoms with Crippen molar-refractivity contribution in [3.63, 3.8) is 0 Å². The molecule has 102 valence electrons. The summed E-state index contributed by atoms with van der Waals surface area (Å²) >= 11 is 0. The molecule has 0 bridgehead atoms. The lowest BCUT2D eigenvalue weighted by Crippen LogP contribution is -2.48. The Hall–Kier alpha value is -1.89. The summed E-state index contributed by atoms with van der Waals surface area (Å²) in [6, 6.07) is -2.00. The van der Waals surface area contributed by atoms with E-state index in [2.05, 4.69) is 16.6 Å². The van der Waals surface area contributed by atoms with E-state index in [4.69, 9.17) is 10.8 Å². The van der Waals surface area contributed by atoms with Crippen LogP contribution in [0.4, 0.5) is 0 Å². The largest absolute Gasteiger partial charge is 0.480 e. The molecule has 2 atom stereocenters. The number of carbonyl (C=O) groups excluding carboxylic acids is 2. The van der Waals surface area contributed by atoms with Crippen LogP contribution < -0.4 is 11.1 Å². The summed E-state index contributed by atoms with van der Waals surface area (Å²) in [5.41, 5.74) is 5.49. The Balaban J connectivity index is 4.35. The second-order valence-electron chi connectivity index (χ2n) is 3.65. The molecule has 4 N–H and O–H groups in total. The molecule has 18 heavy (non-hydrogen) atoms. The van der Waals surface area contributed by atoms with Crippen molar-refractivity contribution in [1.82, 2.24) is 5.32 Å². The van der Waals surface area contributed by atoms with Crippen LogP contribution in [-0.4, -0.2) is 42.1 Å². The standard InChI is InChI=1S/C11H18N2O5/c1-3-4-7(12)10(15)13-8(11(16)17)5-6-9(14)18-2/h3,7-8H,1,4-6,12H2,2H3,(H,13,15)(H,16,17). The van der Waals surface area contributed by atoms with Gasteiger partial charge in [0.1, 0.15) is 6.04 Å². The Morgan fingerprint density at radius 2 is 2.11 bits per heavy atom. The van der Waals surface area contributed by atoms with E-state index in [-0.39, 0.29) is 19.3 Å². The summed E-state index contributed by atoms with van der Waals surface area (Å²) in [4.78, 5) is 33.3. The van der Waals surface area contributed by atoms with Gasteiger partial charge in [0, 0.05) is 6.42 Å². The van der Waals surface area contributed by atoms with E-state index < -0.39 is 29.9 Å². The van der Waals surface area contributed by atoms with Gasteiger partial charge in [-0.2, -0.15) is 0 Å². The minimum atomic E-state index is -1.22. The molecule has 0 heterocycles. The highest BCUT2D eigenvalue weighted by Gasteiger charge is 2.23. The quantitative estimate of drug-likeness (QED) is 0.395. The van der Waals surface area contributed by atoms with Crippen molar-refractivity contribution < 1.29 is 24.2 Å². The molecule has 1 amide bonds. The number of carboxylic acids is 1. The van der Waals surface area contributed by atoms with Crippen molar-refractivity contribution in [3.05, 3.63) is 12.7 Å². The second-order valence-corrected chi connectivity index (χ2v) is 3.65. The predicted octanol–water partition coefficient (Wildman–Crippen LogP) is -0.588. The first-order chi connectivity index (χ1) is 8.42. The average molecular weight is 258 g/mol. The van der Waals surface area contributed by atoms with Gasteiger partial charge in [-0.05, 0) is 12.8 Å². The Bertz CT molecular complexity index is 329. The number of hydrogen-bond acceptors (Lipinski definition) is 5. The molecule has 0 aromatic rings. The first kappa shape index (κ1) is 16.1. The van der Waals surface area contributed by atoms with Gasteiger partial charge in [-0.15, -0.1) is 6.58 Å². The van der Waals surface area contributed by atoms with Gasteiger partial charge in [0.2, 0.25) is 5.91 Å². The summed E-state index contributed by atoms with van der Waals surface area (Å²) in [6.07, 6.45) is 1.57. The number of methoxy groups -OCH3 is 1. The molecule has 0 aliphatic carbocycles. The second kappa shape index (κ2) is 8.24. The number of rotatable bonds is 8. The van der Waals surface area contributed by atoms with E-state index in [1.54, 1.807) is 0 Å². The number of carbonyl (C=O) groups is 3. The molecule has 0 aromatic carbocycles.